The van der Waals surface area contributed by atoms with Crippen molar-refractivity contribution < 1.29 is 49.0 Å². The molecule has 1 aromatic rings. The van der Waals surface area contributed by atoms with Gasteiger partial charge in [-0.3, -0.25) is 0 Å². The van der Waals surface area contributed by atoms with Crippen LogP contribution in [0.3, 0.4) is 0 Å². The molecule has 2 nitrogen and oxygen atoms in total. The van der Waals surface area contributed by atoms with Crippen molar-refractivity contribution in [1.82, 2.24) is 0 Å². The molecule has 0 aliphatic rings. The third-order valence-electron chi connectivity index (χ3n) is 1.85. The van der Waals surface area contributed by atoms with Gasteiger partial charge in [0.2, 0.25) is 5.82 Å². The minimum Gasteiger partial charge on any atom is -0.478 e. The van der Waals surface area contributed by atoms with Gasteiger partial charge in [0.1, 0.15) is 0 Å². The van der Waals surface area contributed by atoms with Crippen LogP contribution < -0.4 is 9.47 Å². The fraction of sp³-hybridized carbons (Fsp3) is 0.500. The van der Waals surface area contributed by atoms with Gasteiger partial charge in [-0.1, -0.05) is 13.8 Å². The summed E-state index contributed by atoms with van der Waals surface area (Å²) in [5, 5.41) is 0. The van der Waals surface area contributed by atoms with Crippen molar-refractivity contribution in [2.24, 2.45) is 0 Å². The molecular weight excluding hydrogens is 347 g/mol. The summed E-state index contributed by atoms with van der Waals surface area (Å²) < 4.78 is 118. The van der Waals surface area contributed by atoms with Gasteiger partial charge >= 0.3 is 12.4 Å². The molecule has 1 aromatic carbocycles. The average molecular weight is 358 g/mol. The van der Waals surface area contributed by atoms with Crippen molar-refractivity contribution >= 4 is 0 Å². The SMILES string of the molecule is CC.Fc1cc(F)c(OCC(F)(F)F)c(F)c1OCC(F)(F)F. The van der Waals surface area contributed by atoms with Gasteiger partial charge in [0.25, 0.3) is 0 Å². The Balaban J connectivity index is 0.00000232. The van der Waals surface area contributed by atoms with Crippen molar-refractivity contribution in [3.63, 3.8) is 0 Å². The lowest BCUT2D eigenvalue weighted by Crippen LogP contribution is -2.22. The molecule has 0 aromatic heterocycles. The summed E-state index contributed by atoms with van der Waals surface area (Å²) in [4.78, 5) is 0. The van der Waals surface area contributed by atoms with Crippen LogP contribution in [0.25, 0.3) is 0 Å². The standard InChI is InChI=1S/C10H5F9O2.C2H6/c11-4-1-5(12)8(21-3-10(17,18)19)6(13)7(4)20-2-9(14,15)16;1-2/h1H,2-3H2;1-2H3. The Hall–Kier alpha value is -1.81. The first-order valence-corrected chi connectivity index (χ1v) is 5.97. The minimum absolute atomic E-state index is 0.152. The van der Waals surface area contributed by atoms with Gasteiger partial charge < -0.3 is 9.47 Å². The van der Waals surface area contributed by atoms with E-state index >= 15 is 0 Å². The summed E-state index contributed by atoms with van der Waals surface area (Å²) in [7, 11) is 0. The molecule has 0 fully saturated rings. The van der Waals surface area contributed by atoms with Gasteiger partial charge in [0.15, 0.2) is 36.3 Å². The lowest BCUT2D eigenvalue weighted by Gasteiger charge is -2.15. The molecule has 0 saturated heterocycles. The Labute approximate surface area is 124 Å². The Morgan fingerprint density at radius 2 is 1.04 bits per heavy atom. The van der Waals surface area contributed by atoms with Crippen molar-refractivity contribution in [2.75, 3.05) is 13.2 Å². The van der Waals surface area contributed by atoms with E-state index in [2.05, 4.69) is 9.47 Å². The monoisotopic (exact) mass is 358 g/mol. The van der Waals surface area contributed by atoms with E-state index in [9.17, 15) is 39.5 Å². The molecule has 11 heteroatoms. The van der Waals surface area contributed by atoms with Crippen molar-refractivity contribution in [3.05, 3.63) is 23.5 Å². The molecule has 0 N–H and O–H groups in total. The lowest BCUT2D eigenvalue weighted by atomic mass is 10.2. The molecule has 0 aliphatic heterocycles. The molecule has 0 saturated carbocycles. The minimum atomic E-state index is -4.96. The topological polar surface area (TPSA) is 18.5 Å². The van der Waals surface area contributed by atoms with E-state index in [1.165, 1.54) is 0 Å². The molecular formula is C12H11F9O2. The number of halogens is 9. The molecule has 0 bridgehead atoms. The van der Waals surface area contributed by atoms with E-state index in [4.69, 9.17) is 0 Å². The van der Waals surface area contributed by atoms with E-state index in [0.717, 1.165) is 0 Å². The third kappa shape index (κ3) is 7.33. The van der Waals surface area contributed by atoms with Crippen LogP contribution in [0.5, 0.6) is 11.5 Å². The predicted molar refractivity (Wildman–Crippen MR) is 60.8 cm³/mol. The van der Waals surface area contributed by atoms with E-state index in [-0.39, 0.29) is 6.07 Å². The number of ether oxygens (including phenoxy) is 2. The van der Waals surface area contributed by atoms with Crippen LogP contribution in [0, 0.1) is 17.5 Å². The molecule has 1 rings (SSSR count). The molecule has 0 radical (unpaired) electrons. The first-order valence-electron chi connectivity index (χ1n) is 5.97. The van der Waals surface area contributed by atoms with Crippen LogP contribution in [0.15, 0.2) is 6.07 Å². The Kier molecular flexibility index (Phi) is 7.52. The van der Waals surface area contributed by atoms with Crippen molar-refractivity contribution in [2.45, 2.75) is 26.2 Å². The Morgan fingerprint density at radius 1 is 0.739 bits per heavy atom. The van der Waals surface area contributed by atoms with E-state index in [0.29, 0.717) is 0 Å². The molecule has 134 valence electrons. The third-order valence-corrected chi connectivity index (χ3v) is 1.85. The zero-order valence-electron chi connectivity index (χ0n) is 11.7. The highest BCUT2D eigenvalue weighted by Gasteiger charge is 2.33. The number of benzene rings is 1. The molecule has 0 atom stereocenters. The predicted octanol–water partition coefficient (Wildman–Crippen LogP) is 5.01. The normalized spacial score (nSPS) is 11.6. The fourth-order valence-electron chi connectivity index (χ4n) is 1.13. The smallest absolute Gasteiger partial charge is 0.422 e. The van der Waals surface area contributed by atoms with E-state index in [1.807, 2.05) is 13.8 Å². The summed E-state index contributed by atoms with van der Waals surface area (Å²) in [6.45, 7) is -0.240. The van der Waals surface area contributed by atoms with Crippen molar-refractivity contribution in [1.29, 1.82) is 0 Å². The Bertz CT molecular complexity index is 466. The van der Waals surface area contributed by atoms with Gasteiger partial charge in [-0.15, -0.1) is 0 Å². The average Bonchev–Trinajstić information content (AvgIpc) is 2.37. The van der Waals surface area contributed by atoms with Gasteiger partial charge in [-0.2, -0.15) is 30.7 Å². The van der Waals surface area contributed by atoms with Crippen LogP contribution in [0.2, 0.25) is 0 Å². The second-order valence-corrected chi connectivity index (χ2v) is 3.62. The van der Waals surface area contributed by atoms with Gasteiger partial charge in [-0.25, -0.2) is 8.78 Å². The summed E-state index contributed by atoms with van der Waals surface area (Å²) in [5.74, 6) is -9.22. The highest BCUT2D eigenvalue weighted by atomic mass is 19.4. The van der Waals surface area contributed by atoms with Crippen molar-refractivity contribution in [3.8, 4) is 11.5 Å². The van der Waals surface area contributed by atoms with E-state index in [1.54, 1.807) is 0 Å². The molecule has 23 heavy (non-hydrogen) atoms. The quantitative estimate of drug-likeness (QED) is 0.705. The van der Waals surface area contributed by atoms with E-state index < -0.39 is 54.5 Å². The number of hydrogen-bond acceptors (Lipinski definition) is 2. The lowest BCUT2D eigenvalue weighted by molar-refractivity contribution is -0.155. The number of hydrogen-bond donors (Lipinski definition) is 0. The summed E-state index contributed by atoms with van der Waals surface area (Å²) in [6.07, 6.45) is -9.92. The first kappa shape index (κ1) is 21.2. The van der Waals surface area contributed by atoms with Crippen LogP contribution in [-0.4, -0.2) is 25.6 Å². The van der Waals surface area contributed by atoms with Crippen LogP contribution in [0.1, 0.15) is 13.8 Å². The van der Waals surface area contributed by atoms with Crippen LogP contribution in [0.4, 0.5) is 39.5 Å². The largest absolute Gasteiger partial charge is 0.478 e. The van der Waals surface area contributed by atoms with Gasteiger partial charge in [0, 0.05) is 6.07 Å². The second-order valence-electron chi connectivity index (χ2n) is 3.62. The van der Waals surface area contributed by atoms with Gasteiger partial charge in [-0.05, 0) is 0 Å². The first-order chi connectivity index (χ1) is 10.4. The molecule has 0 amide bonds. The Morgan fingerprint density at radius 3 is 1.30 bits per heavy atom. The van der Waals surface area contributed by atoms with Crippen LogP contribution in [-0.2, 0) is 0 Å². The maximum Gasteiger partial charge on any atom is 0.422 e. The summed E-state index contributed by atoms with van der Waals surface area (Å²) >= 11 is 0. The molecule has 0 spiro atoms. The zero-order chi connectivity index (χ0) is 18.4. The summed E-state index contributed by atoms with van der Waals surface area (Å²) in [6, 6.07) is -0.152. The maximum atomic E-state index is 13.5. The maximum absolute atomic E-state index is 13.5. The number of alkyl halides is 6. The summed E-state index contributed by atoms with van der Waals surface area (Å²) in [5.41, 5.74) is 0. The molecule has 0 aliphatic carbocycles. The van der Waals surface area contributed by atoms with Gasteiger partial charge in [0.05, 0.1) is 0 Å². The molecule has 0 heterocycles. The zero-order valence-corrected chi connectivity index (χ0v) is 11.7. The number of rotatable bonds is 4. The highest BCUT2D eigenvalue weighted by Crippen LogP contribution is 2.34. The molecule has 0 unspecified atom stereocenters. The van der Waals surface area contributed by atoms with Crippen LogP contribution >= 0.6 is 0 Å². The fourth-order valence-corrected chi connectivity index (χ4v) is 1.13. The second kappa shape index (κ2) is 8.16. The highest BCUT2D eigenvalue weighted by molar-refractivity contribution is 5.38.